The van der Waals surface area contributed by atoms with Gasteiger partial charge in [-0.1, -0.05) is 0 Å². The summed E-state index contributed by atoms with van der Waals surface area (Å²) in [7, 11) is -0.589. The molecule has 0 atom stereocenters. The molecule has 0 heterocycles. The van der Waals surface area contributed by atoms with Crippen molar-refractivity contribution in [3.05, 3.63) is 0 Å². The highest BCUT2D eigenvalue weighted by Gasteiger charge is 1.79. The van der Waals surface area contributed by atoms with E-state index in [0.29, 0.717) is 0 Å². The van der Waals surface area contributed by atoms with E-state index in [2.05, 4.69) is 0 Å². The van der Waals surface area contributed by atoms with Crippen molar-refractivity contribution in [3.63, 3.8) is 0 Å². The maximum absolute atomic E-state index is 4.99. The second-order valence-corrected chi connectivity index (χ2v) is 2.16. The zero-order valence-corrected chi connectivity index (χ0v) is 6.85. The molecule has 52 valence electrons. The Morgan fingerprint density at radius 2 is 1.50 bits per heavy atom. The molecule has 8 heavy (non-hydrogen) atoms. The zero-order chi connectivity index (χ0) is 5.54. The van der Waals surface area contributed by atoms with Crippen molar-refractivity contribution in [3.8, 4) is 0 Å². The Kier molecular flexibility index (Phi) is 13.9. The average Bonchev–Trinajstić information content (AvgIpc) is 1.69. The van der Waals surface area contributed by atoms with Gasteiger partial charge in [-0.2, -0.15) is 0 Å². The summed E-state index contributed by atoms with van der Waals surface area (Å²) in [5.74, 6) is 0. The van der Waals surface area contributed by atoms with Crippen molar-refractivity contribution in [2.75, 3.05) is 13.2 Å². The fourth-order valence-electron chi connectivity index (χ4n) is 0.226. The molecule has 4 heteroatoms. The monoisotopic (exact) mass is 138 g/mol. The van der Waals surface area contributed by atoms with Crippen LogP contribution >= 0.6 is 0 Å². The summed E-state index contributed by atoms with van der Waals surface area (Å²) >= 11 is 0. The van der Waals surface area contributed by atoms with Crippen LogP contribution in [-0.4, -0.2) is 28.7 Å². The third kappa shape index (κ3) is 9.44. The van der Waals surface area contributed by atoms with Gasteiger partial charge in [0.15, 0.2) is 0 Å². The summed E-state index contributed by atoms with van der Waals surface area (Å²) in [5.41, 5.74) is 0. The van der Waals surface area contributed by atoms with Crippen LogP contribution in [0.2, 0.25) is 0 Å². The number of hydrogen-bond acceptors (Lipinski definition) is 2. The van der Waals surface area contributed by atoms with E-state index in [-0.39, 0.29) is 5.48 Å². The molecule has 3 nitrogen and oxygen atoms in total. The molecule has 0 radical (unpaired) electrons. The molecule has 0 rings (SSSR count). The minimum Gasteiger partial charge on any atom is -0.412 e. The standard InChI is InChI=1S/C4H12O2Si.H2O/c1-3-5-7-6-4-2;/h3-4,7H2,1-2H3;1H2. The van der Waals surface area contributed by atoms with Crippen LogP contribution in [0, 0.1) is 0 Å². The molecule has 0 aromatic carbocycles. The van der Waals surface area contributed by atoms with E-state index in [0.717, 1.165) is 13.2 Å². The van der Waals surface area contributed by atoms with Gasteiger partial charge in [-0.25, -0.2) is 0 Å². The molecule has 0 saturated heterocycles. The second-order valence-electron chi connectivity index (χ2n) is 1.10. The molecule has 0 saturated carbocycles. The van der Waals surface area contributed by atoms with Gasteiger partial charge in [0.05, 0.1) is 0 Å². The Balaban J connectivity index is 0. The zero-order valence-electron chi connectivity index (χ0n) is 5.44. The first-order valence-corrected chi connectivity index (χ1v) is 3.72. The van der Waals surface area contributed by atoms with Crippen molar-refractivity contribution in [1.82, 2.24) is 0 Å². The van der Waals surface area contributed by atoms with Gasteiger partial charge < -0.3 is 14.3 Å². The van der Waals surface area contributed by atoms with E-state index in [1.807, 2.05) is 13.8 Å². The summed E-state index contributed by atoms with van der Waals surface area (Å²) in [5, 5.41) is 0. The van der Waals surface area contributed by atoms with Crippen molar-refractivity contribution in [2.24, 2.45) is 0 Å². The Morgan fingerprint density at radius 1 is 1.12 bits per heavy atom. The minimum atomic E-state index is -0.589. The predicted octanol–water partition coefficient (Wildman–Crippen LogP) is -0.767. The van der Waals surface area contributed by atoms with E-state index in [1.165, 1.54) is 0 Å². The fourth-order valence-corrected chi connectivity index (χ4v) is 0.677. The highest BCUT2D eigenvalue weighted by molar-refractivity contribution is 6.17. The second kappa shape index (κ2) is 10.2. The Labute approximate surface area is 52.4 Å². The lowest BCUT2D eigenvalue weighted by Crippen LogP contribution is -2.02. The summed E-state index contributed by atoms with van der Waals surface area (Å²) in [6.07, 6.45) is 0. The van der Waals surface area contributed by atoms with Crippen LogP contribution in [0.25, 0.3) is 0 Å². The normalized spacial score (nSPS) is 8.25. The smallest absolute Gasteiger partial charge is 0.304 e. The molecule has 0 aliphatic heterocycles. The molecule has 2 N–H and O–H groups in total. The Hall–Kier alpha value is 0.0969. The highest BCUT2D eigenvalue weighted by Crippen LogP contribution is 1.70. The van der Waals surface area contributed by atoms with Gasteiger partial charge in [-0.05, 0) is 13.8 Å². The summed E-state index contributed by atoms with van der Waals surface area (Å²) in [4.78, 5) is 0. The summed E-state index contributed by atoms with van der Waals surface area (Å²) in [6, 6.07) is 0. The van der Waals surface area contributed by atoms with Crippen molar-refractivity contribution < 1.29 is 14.3 Å². The lowest BCUT2D eigenvalue weighted by molar-refractivity contribution is 0.240. The van der Waals surface area contributed by atoms with Crippen LogP contribution < -0.4 is 0 Å². The van der Waals surface area contributed by atoms with Gasteiger partial charge in [0.1, 0.15) is 0 Å². The molecule has 0 amide bonds. The van der Waals surface area contributed by atoms with E-state index in [9.17, 15) is 0 Å². The SMILES string of the molecule is CCO[SiH2]OCC.O. The van der Waals surface area contributed by atoms with E-state index in [1.54, 1.807) is 0 Å². The molecule has 0 bridgehead atoms. The Morgan fingerprint density at radius 3 is 1.75 bits per heavy atom. The molecular formula is C4H14O3Si. The molecule has 0 aliphatic carbocycles. The van der Waals surface area contributed by atoms with Crippen LogP contribution in [0.5, 0.6) is 0 Å². The minimum absolute atomic E-state index is 0. The van der Waals surface area contributed by atoms with Gasteiger partial charge in [0, 0.05) is 13.2 Å². The third-order valence-electron chi connectivity index (χ3n) is 0.575. The van der Waals surface area contributed by atoms with E-state index >= 15 is 0 Å². The van der Waals surface area contributed by atoms with Crippen LogP contribution in [-0.2, 0) is 8.85 Å². The maximum atomic E-state index is 4.99. The van der Waals surface area contributed by atoms with Crippen molar-refractivity contribution in [2.45, 2.75) is 13.8 Å². The molecule has 0 unspecified atom stereocenters. The molecule has 0 spiro atoms. The quantitative estimate of drug-likeness (QED) is 0.378. The molecular weight excluding hydrogens is 124 g/mol. The molecule has 0 aliphatic rings. The largest absolute Gasteiger partial charge is 0.412 e. The molecule has 0 aromatic rings. The van der Waals surface area contributed by atoms with Crippen LogP contribution in [0.15, 0.2) is 0 Å². The maximum Gasteiger partial charge on any atom is 0.304 e. The van der Waals surface area contributed by atoms with Crippen LogP contribution in [0.3, 0.4) is 0 Å². The molecule has 0 aromatic heterocycles. The first kappa shape index (κ1) is 11.0. The van der Waals surface area contributed by atoms with Crippen LogP contribution in [0.1, 0.15) is 13.8 Å². The Bertz CT molecular complexity index is 30.5. The molecule has 0 fully saturated rings. The third-order valence-corrected chi connectivity index (χ3v) is 1.72. The van der Waals surface area contributed by atoms with Crippen LogP contribution in [0.4, 0.5) is 0 Å². The lowest BCUT2D eigenvalue weighted by Gasteiger charge is -1.96. The summed E-state index contributed by atoms with van der Waals surface area (Å²) < 4.78 is 9.98. The van der Waals surface area contributed by atoms with Gasteiger partial charge in [-0.3, -0.25) is 0 Å². The van der Waals surface area contributed by atoms with E-state index < -0.39 is 10.0 Å². The first-order chi connectivity index (χ1) is 3.41. The van der Waals surface area contributed by atoms with E-state index in [4.69, 9.17) is 8.85 Å². The fraction of sp³-hybridized carbons (Fsp3) is 1.00. The van der Waals surface area contributed by atoms with Crippen molar-refractivity contribution >= 4 is 10.0 Å². The average molecular weight is 138 g/mol. The number of hydrogen-bond donors (Lipinski definition) is 0. The highest BCUT2D eigenvalue weighted by atomic mass is 28.3. The lowest BCUT2D eigenvalue weighted by atomic mass is 10.9. The van der Waals surface area contributed by atoms with Gasteiger partial charge >= 0.3 is 10.0 Å². The predicted molar refractivity (Wildman–Crippen MR) is 35.4 cm³/mol. The van der Waals surface area contributed by atoms with Crippen molar-refractivity contribution in [1.29, 1.82) is 0 Å². The number of rotatable bonds is 4. The first-order valence-electron chi connectivity index (χ1n) is 2.57. The summed E-state index contributed by atoms with van der Waals surface area (Å²) in [6.45, 7) is 5.55. The van der Waals surface area contributed by atoms with Gasteiger partial charge in [0.25, 0.3) is 0 Å². The van der Waals surface area contributed by atoms with Gasteiger partial charge in [-0.15, -0.1) is 0 Å². The van der Waals surface area contributed by atoms with Gasteiger partial charge in [0.2, 0.25) is 0 Å². The topological polar surface area (TPSA) is 50.0 Å².